The van der Waals surface area contributed by atoms with Crippen molar-refractivity contribution >= 4 is 32.1 Å². The van der Waals surface area contributed by atoms with E-state index >= 15 is 0 Å². The number of nitrogens with one attached hydrogen (secondary N) is 2. The maximum atomic E-state index is 5.12. The van der Waals surface area contributed by atoms with Crippen LogP contribution in [0.25, 0.3) is 44.8 Å². The third-order valence-corrected chi connectivity index (χ3v) is 8.85. The fourth-order valence-corrected chi connectivity index (χ4v) is 4.89. The number of pyridine rings is 2. The van der Waals surface area contributed by atoms with Gasteiger partial charge in [0.25, 0.3) is 0 Å². The number of hydrogen-bond acceptors (Lipinski definition) is 4. The Morgan fingerprint density at radius 3 is 1.36 bits per heavy atom. The van der Waals surface area contributed by atoms with Crippen LogP contribution < -0.4 is 0 Å². The molecule has 4 heterocycles. The molecule has 2 N–H and O–H groups in total. The summed E-state index contributed by atoms with van der Waals surface area (Å²) in [5.74, 6) is 3.28. The average molecular weight is 716 g/mol. The number of benzene rings is 2. The average Bonchev–Trinajstić information content (AvgIpc) is 3.76. The van der Waals surface area contributed by atoms with Gasteiger partial charge in [-0.1, -0.05) is 85.4 Å². The van der Waals surface area contributed by atoms with Crippen LogP contribution in [-0.4, -0.2) is 46.5 Å². The van der Waals surface area contributed by atoms with Gasteiger partial charge in [-0.2, -0.15) is 10.2 Å². The topological polar surface area (TPSA) is 83.1 Å². The second-order valence-corrected chi connectivity index (χ2v) is 23.2. The monoisotopic (exact) mass is 714 g/mol. The van der Waals surface area contributed by atoms with E-state index < -0.39 is 16.1 Å². The second-order valence-electron chi connectivity index (χ2n) is 12.8. The highest BCUT2D eigenvalue weighted by Crippen LogP contribution is 2.31. The number of hydrogen-bond donors (Lipinski definition) is 2. The smallest absolute Gasteiger partial charge is 0.129 e. The SMILES string of the molecule is Brc1ccc(-c2cn[nH]c2-c2ccncc2)cc1.C#C[Si](C)(C)C.C[Si](C)(C)C#Cc1ccc(-c2cn[nH]c2-c2ccncc2)cc1. The van der Waals surface area contributed by atoms with Gasteiger partial charge in [-0.15, -0.1) is 17.5 Å². The minimum Gasteiger partial charge on any atom is -0.277 e. The van der Waals surface area contributed by atoms with Gasteiger partial charge in [-0.3, -0.25) is 20.2 Å². The summed E-state index contributed by atoms with van der Waals surface area (Å²) in [7, 11) is -2.45. The molecule has 0 aliphatic carbocycles. The molecule has 6 aromatic rings. The molecule has 236 valence electrons. The number of nitrogens with zero attached hydrogens (tertiary/aromatic N) is 4. The van der Waals surface area contributed by atoms with Crippen molar-refractivity contribution in [3.8, 4) is 68.2 Å². The Hall–Kier alpha value is -4.81. The fraction of sp³-hybridized carbons (Fsp3) is 0.158. The molecule has 0 bridgehead atoms. The Kier molecular flexibility index (Phi) is 12.0. The lowest BCUT2D eigenvalue weighted by atomic mass is 10.0. The summed E-state index contributed by atoms with van der Waals surface area (Å²) < 4.78 is 1.07. The van der Waals surface area contributed by atoms with E-state index in [9.17, 15) is 0 Å². The maximum absolute atomic E-state index is 5.12. The van der Waals surface area contributed by atoms with Gasteiger partial charge in [0.15, 0.2) is 0 Å². The van der Waals surface area contributed by atoms with Crippen LogP contribution in [-0.2, 0) is 0 Å². The quantitative estimate of drug-likeness (QED) is 0.141. The molecular weight excluding hydrogens is 677 g/mol. The van der Waals surface area contributed by atoms with Crippen LogP contribution in [0.2, 0.25) is 39.3 Å². The zero-order chi connectivity index (χ0) is 33.9. The van der Waals surface area contributed by atoms with Crippen molar-refractivity contribution in [1.82, 2.24) is 30.4 Å². The van der Waals surface area contributed by atoms with Crippen molar-refractivity contribution < 1.29 is 0 Å². The number of aromatic amines is 2. The van der Waals surface area contributed by atoms with Crippen molar-refractivity contribution in [2.75, 3.05) is 0 Å². The molecule has 0 fully saturated rings. The molecule has 0 aliphatic rings. The van der Waals surface area contributed by atoms with Crippen LogP contribution in [0.3, 0.4) is 0 Å². The van der Waals surface area contributed by atoms with E-state index in [1.165, 1.54) is 0 Å². The molecule has 0 saturated carbocycles. The fourth-order valence-electron chi connectivity index (χ4n) is 4.11. The number of terminal acetylenes is 1. The number of aromatic nitrogens is 6. The Balaban J connectivity index is 0.000000185. The normalized spacial score (nSPS) is 10.7. The Morgan fingerprint density at radius 2 is 0.979 bits per heavy atom. The summed E-state index contributed by atoms with van der Waals surface area (Å²) in [6, 6.07) is 24.4. The van der Waals surface area contributed by atoms with Crippen molar-refractivity contribution in [2.24, 2.45) is 0 Å². The van der Waals surface area contributed by atoms with Crippen LogP contribution >= 0.6 is 15.9 Å². The molecule has 6 nitrogen and oxygen atoms in total. The minimum absolute atomic E-state index is 1.01. The summed E-state index contributed by atoms with van der Waals surface area (Å²) in [4.78, 5) is 8.09. The van der Waals surface area contributed by atoms with E-state index in [1.54, 1.807) is 24.8 Å². The summed E-state index contributed by atoms with van der Waals surface area (Å²) in [6.45, 7) is 13.2. The van der Waals surface area contributed by atoms with Crippen molar-refractivity contribution in [3.05, 3.63) is 120 Å². The third-order valence-electron chi connectivity index (χ3n) is 6.58. The van der Waals surface area contributed by atoms with Gasteiger partial charge in [0.1, 0.15) is 16.1 Å². The molecule has 47 heavy (non-hydrogen) atoms. The van der Waals surface area contributed by atoms with E-state index in [1.807, 2.05) is 48.8 Å². The van der Waals surface area contributed by atoms with Gasteiger partial charge < -0.3 is 0 Å². The van der Waals surface area contributed by atoms with Gasteiger partial charge >= 0.3 is 0 Å². The van der Waals surface area contributed by atoms with Gasteiger partial charge in [0, 0.05) is 57.1 Å². The lowest BCUT2D eigenvalue weighted by Gasteiger charge is -2.05. The second kappa shape index (κ2) is 16.1. The third kappa shape index (κ3) is 10.9. The van der Waals surface area contributed by atoms with E-state index in [0.29, 0.717) is 0 Å². The zero-order valence-corrected chi connectivity index (χ0v) is 31.2. The Morgan fingerprint density at radius 1 is 0.574 bits per heavy atom. The summed E-state index contributed by atoms with van der Waals surface area (Å²) in [6.07, 6.45) is 16.0. The molecule has 9 heteroatoms. The number of rotatable bonds is 4. The highest BCUT2D eigenvalue weighted by atomic mass is 79.9. The molecule has 0 saturated heterocycles. The number of H-pyrrole nitrogens is 2. The van der Waals surface area contributed by atoms with Crippen LogP contribution in [0.5, 0.6) is 0 Å². The summed E-state index contributed by atoms with van der Waals surface area (Å²) in [5, 5.41) is 14.5. The van der Waals surface area contributed by atoms with Crippen molar-refractivity contribution in [3.63, 3.8) is 0 Å². The predicted molar refractivity (Wildman–Crippen MR) is 205 cm³/mol. The van der Waals surface area contributed by atoms with Crippen molar-refractivity contribution in [2.45, 2.75) is 39.3 Å². The molecule has 2 aromatic carbocycles. The molecule has 0 radical (unpaired) electrons. The molecule has 0 unspecified atom stereocenters. The lowest BCUT2D eigenvalue weighted by Crippen LogP contribution is -2.16. The molecule has 0 spiro atoms. The highest BCUT2D eigenvalue weighted by molar-refractivity contribution is 9.10. The largest absolute Gasteiger partial charge is 0.277 e. The lowest BCUT2D eigenvalue weighted by molar-refractivity contribution is 1.09. The van der Waals surface area contributed by atoms with Crippen LogP contribution in [0.1, 0.15) is 5.56 Å². The molecule has 4 aromatic heterocycles. The van der Waals surface area contributed by atoms with Crippen LogP contribution in [0.4, 0.5) is 0 Å². The Bertz CT molecular complexity index is 1950. The predicted octanol–water partition coefficient (Wildman–Crippen LogP) is 9.77. The molecule has 0 atom stereocenters. The van der Waals surface area contributed by atoms with Gasteiger partial charge in [0.2, 0.25) is 0 Å². The standard InChI is InChI=1S/C19H19N3Si.C14H10BrN3.C5H10Si/c1-23(2,3)13-10-15-4-6-16(7-5-15)18-14-21-22-19(18)17-8-11-20-12-9-17;15-12-3-1-10(2-4-12)13-9-17-18-14(13)11-5-7-16-8-6-11;1-5-6(2,3)4/h4-9,11-12,14H,1-3H3,(H,21,22);1-9H,(H,17,18);1H,2-4H3. The highest BCUT2D eigenvalue weighted by Gasteiger charge is 2.11. The van der Waals surface area contributed by atoms with Crippen LogP contribution in [0.15, 0.2) is 114 Å². The molecular formula is C38H39BrN6Si2. The first-order chi connectivity index (χ1) is 22.4. The maximum Gasteiger partial charge on any atom is 0.129 e. The van der Waals surface area contributed by atoms with Gasteiger partial charge in [0.05, 0.1) is 23.8 Å². The number of halogens is 1. The van der Waals surface area contributed by atoms with E-state index in [-0.39, 0.29) is 0 Å². The first-order valence-corrected chi connectivity index (χ1v) is 23.0. The molecule has 6 rings (SSSR count). The van der Waals surface area contributed by atoms with Gasteiger partial charge in [-0.05, 0) is 59.7 Å². The first kappa shape index (κ1) is 35.1. The minimum atomic E-state index is -1.34. The summed E-state index contributed by atoms with van der Waals surface area (Å²) in [5.41, 5.74) is 15.8. The first-order valence-electron chi connectivity index (χ1n) is 15.2. The van der Waals surface area contributed by atoms with Gasteiger partial charge in [-0.25, -0.2) is 0 Å². The molecule has 0 aliphatic heterocycles. The van der Waals surface area contributed by atoms with E-state index in [4.69, 9.17) is 6.42 Å². The molecule has 0 amide bonds. The zero-order valence-electron chi connectivity index (χ0n) is 27.6. The summed E-state index contributed by atoms with van der Waals surface area (Å²) >= 11 is 3.44. The van der Waals surface area contributed by atoms with Crippen LogP contribution in [0, 0.1) is 23.4 Å². The van der Waals surface area contributed by atoms with Crippen molar-refractivity contribution in [1.29, 1.82) is 0 Å². The van der Waals surface area contributed by atoms with E-state index in [0.717, 1.165) is 54.8 Å². The Labute approximate surface area is 288 Å². The van der Waals surface area contributed by atoms with E-state index in [2.05, 4.69) is 139 Å².